The number of aliphatic hydroxyl groups excluding tert-OH is 1. The molecule has 11 nitrogen and oxygen atoms in total. The lowest BCUT2D eigenvalue weighted by molar-refractivity contribution is -0.163. The predicted octanol–water partition coefficient (Wildman–Crippen LogP) is 4.60. The molecule has 3 aliphatic rings. The maximum atomic E-state index is 15.1. The number of allylic oxidation sites excluding steroid dienone is 1. The average Bonchev–Trinajstić information content (AvgIpc) is 3.77. The largest absolute Gasteiger partial charge is 0.455 e. The highest BCUT2D eigenvalue weighted by molar-refractivity contribution is 6.05. The van der Waals surface area contributed by atoms with E-state index in [0.717, 1.165) is 16.8 Å². The predicted molar refractivity (Wildman–Crippen MR) is 197 cm³/mol. The number of ether oxygens (including phenoxy) is 3. The fourth-order valence-corrected chi connectivity index (χ4v) is 8.54. The molecule has 0 unspecified atom stereocenters. The molecule has 2 bridgehead atoms. The van der Waals surface area contributed by atoms with Crippen molar-refractivity contribution in [3.8, 4) is 0 Å². The van der Waals surface area contributed by atoms with Crippen LogP contribution in [-0.4, -0.2) is 90.4 Å². The number of amides is 3. The molecule has 3 saturated heterocycles. The summed E-state index contributed by atoms with van der Waals surface area (Å²) in [6, 6.07) is 12.3. The zero-order valence-corrected chi connectivity index (χ0v) is 31.0. The summed E-state index contributed by atoms with van der Waals surface area (Å²) in [5.74, 6) is -3.94. The fraction of sp³-hybridized carbons (Fsp3) is 0.512. The lowest BCUT2D eigenvalue weighted by atomic mass is 9.70. The molecule has 11 heteroatoms. The van der Waals surface area contributed by atoms with Gasteiger partial charge in [-0.05, 0) is 55.7 Å². The number of aliphatic hydroxyl groups is 1. The normalized spacial score (nSPS) is 25.0. The smallest absolute Gasteiger partial charge is 0.313 e. The van der Waals surface area contributed by atoms with Crippen molar-refractivity contribution in [3.05, 3.63) is 90.5 Å². The van der Waals surface area contributed by atoms with Gasteiger partial charge in [-0.2, -0.15) is 0 Å². The van der Waals surface area contributed by atoms with Gasteiger partial charge in [0.25, 0.3) is 5.91 Å². The Hall–Kier alpha value is -4.32. The van der Waals surface area contributed by atoms with Crippen molar-refractivity contribution in [1.82, 2.24) is 10.2 Å². The molecule has 0 radical (unpaired) electrons. The summed E-state index contributed by atoms with van der Waals surface area (Å²) < 4.78 is 18.5. The Kier molecular flexibility index (Phi) is 12.4. The molecule has 3 amide bonds. The minimum absolute atomic E-state index is 0.0535. The Balaban J connectivity index is 1.55. The molecular weight excluding hydrogens is 662 g/mol. The number of carbonyl (C=O) groups excluding carboxylic acids is 4. The zero-order valence-electron chi connectivity index (χ0n) is 31.0. The molecule has 1 spiro atoms. The van der Waals surface area contributed by atoms with Crippen molar-refractivity contribution in [3.63, 3.8) is 0 Å². The monoisotopic (exact) mass is 715 g/mol. The number of aryl methyl sites for hydroxylation is 2. The van der Waals surface area contributed by atoms with Crippen LogP contribution in [0.15, 0.2) is 73.8 Å². The van der Waals surface area contributed by atoms with Crippen LogP contribution in [0.4, 0.5) is 5.69 Å². The van der Waals surface area contributed by atoms with E-state index in [4.69, 9.17) is 14.2 Å². The van der Waals surface area contributed by atoms with Gasteiger partial charge in [0, 0.05) is 25.8 Å². The van der Waals surface area contributed by atoms with Crippen molar-refractivity contribution in [2.24, 2.45) is 17.8 Å². The molecule has 3 aliphatic heterocycles. The van der Waals surface area contributed by atoms with Crippen molar-refractivity contribution in [1.29, 1.82) is 0 Å². The van der Waals surface area contributed by atoms with Gasteiger partial charge >= 0.3 is 5.97 Å². The summed E-state index contributed by atoms with van der Waals surface area (Å²) in [5, 5.41) is 13.7. The molecule has 2 N–H and O–H groups in total. The molecule has 3 heterocycles. The number of esters is 1. The van der Waals surface area contributed by atoms with E-state index in [0.29, 0.717) is 24.8 Å². The summed E-state index contributed by atoms with van der Waals surface area (Å²) >= 11 is 0. The van der Waals surface area contributed by atoms with Crippen LogP contribution in [0.3, 0.4) is 0 Å². The second kappa shape index (κ2) is 16.6. The maximum Gasteiger partial charge on any atom is 0.313 e. The Labute approximate surface area is 307 Å². The van der Waals surface area contributed by atoms with Gasteiger partial charge < -0.3 is 34.4 Å². The second-order valence-corrected chi connectivity index (χ2v) is 14.5. The van der Waals surface area contributed by atoms with E-state index in [1.807, 2.05) is 76.2 Å². The number of hydrogen-bond acceptors (Lipinski definition) is 8. The number of benzene rings is 2. The van der Waals surface area contributed by atoms with E-state index >= 15 is 4.79 Å². The van der Waals surface area contributed by atoms with E-state index in [1.54, 1.807) is 17.1 Å². The van der Waals surface area contributed by atoms with Crippen LogP contribution >= 0.6 is 0 Å². The average molecular weight is 716 g/mol. The molecule has 5 rings (SSSR count). The minimum Gasteiger partial charge on any atom is -0.455 e. The third kappa shape index (κ3) is 7.18. The molecule has 0 aliphatic carbocycles. The van der Waals surface area contributed by atoms with Crippen LogP contribution in [0.5, 0.6) is 0 Å². The number of hydrogen-bond donors (Lipinski definition) is 2. The number of nitrogens with zero attached hydrogens (tertiary/aromatic N) is 2. The third-order valence-corrected chi connectivity index (χ3v) is 10.8. The Morgan fingerprint density at radius 1 is 1.10 bits per heavy atom. The van der Waals surface area contributed by atoms with Gasteiger partial charge in [0.2, 0.25) is 11.8 Å². The number of para-hydroxylation sites is 1. The molecule has 8 atom stereocenters. The van der Waals surface area contributed by atoms with E-state index in [9.17, 15) is 19.5 Å². The molecule has 52 heavy (non-hydrogen) atoms. The van der Waals surface area contributed by atoms with Gasteiger partial charge in [0.1, 0.15) is 17.7 Å². The lowest BCUT2D eigenvalue weighted by Gasteiger charge is -2.41. The number of carbonyl (C=O) groups is 4. The van der Waals surface area contributed by atoms with Crippen LogP contribution in [0, 0.1) is 31.6 Å². The van der Waals surface area contributed by atoms with Gasteiger partial charge in [-0.1, -0.05) is 74.5 Å². The van der Waals surface area contributed by atoms with Gasteiger partial charge in [0.05, 0.1) is 43.2 Å². The number of methoxy groups -OCH3 is 1. The standard InChI is InChI=1S/C41H53N3O8/c1-8-10-19-32(46)42-29(24-50-7)36(28-17-12-11-13-18-28)51-40(49)33-31-20-21-41(52-31)34(33)38(47)44(30(23-45)25(3)4)37(41)39(48)43(22-9-2)35-26(5)15-14-16-27(35)6/h8-9,11-18,25,29-31,33-34,36-37,45H,1-2,10,19-24H2,3-7H3,(H,42,46)/t29-,30+,31+,33-,34-,36-,37+,41-/m1/s1. The number of fused-ring (bicyclic) bond motifs is 1. The molecule has 280 valence electrons. The van der Waals surface area contributed by atoms with Crippen LogP contribution in [0.25, 0.3) is 0 Å². The Bertz CT molecular complexity index is 1630. The molecule has 2 aromatic rings. The second-order valence-electron chi connectivity index (χ2n) is 14.5. The van der Waals surface area contributed by atoms with Gasteiger partial charge in [-0.3, -0.25) is 19.2 Å². The van der Waals surface area contributed by atoms with Crippen LogP contribution in [-0.2, 0) is 33.4 Å². The van der Waals surface area contributed by atoms with E-state index in [1.165, 1.54) is 12.0 Å². The Morgan fingerprint density at radius 2 is 1.79 bits per heavy atom. The van der Waals surface area contributed by atoms with Crippen LogP contribution < -0.4 is 10.2 Å². The zero-order chi connectivity index (χ0) is 37.7. The molecule has 3 fully saturated rings. The minimum atomic E-state index is -1.33. The quantitative estimate of drug-likeness (QED) is 0.180. The lowest BCUT2D eigenvalue weighted by Crippen LogP contribution is -2.60. The van der Waals surface area contributed by atoms with Gasteiger partial charge in [-0.15, -0.1) is 13.2 Å². The highest BCUT2D eigenvalue weighted by Gasteiger charge is 2.76. The molecule has 0 aromatic heterocycles. The third-order valence-electron chi connectivity index (χ3n) is 10.8. The highest BCUT2D eigenvalue weighted by atomic mass is 16.6. The number of likely N-dealkylation sites (tertiary alicyclic amines) is 1. The topological polar surface area (TPSA) is 135 Å². The van der Waals surface area contributed by atoms with Crippen molar-refractivity contribution >= 4 is 29.4 Å². The number of rotatable bonds is 17. The van der Waals surface area contributed by atoms with Crippen LogP contribution in [0.1, 0.15) is 62.3 Å². The molecular formula is C41H53N3O8. The van der Waals surface area contributed by atoms with Crippen LogP contribution in [0.2, 0.25) is 0 Å². The summed E-state index contributed by atoms with van der Waals surface area (Å²) in [5.41, 5.74) is 1.80. The first-order valence-electron chi connectivity index (χ1n) is 18.2. The highest BCUT2D eigenvalue weighted by Crippen LogP contribution is 2.59. The number of anilines is 1. The fourth-order valence-electron chi connectivity index (χ4n) is 8.54. The SMILES string of the molecule is C=CCCC(=O)N[C@H](COC)[C@H](OC(=O)[C@@H]1[C@@H]2CC[C@]3(O2)[C@H](C(=O)N(CC=C)c2c(C)cccc2C)N([C@@H](CO)C(C)C)C(=O)[C@@H]13)c1ccccc1. The van der Waals surface area contributed by atoms with Crippen molar-refractivity contribution in [2.75, 3.05) is 31.8 Å². The van der Waals surface area contributed by atoms with Crippen molar-refractivity contribution < 1.29 is 38.5 Å². The van der Waals surface area contributed by atoms with Crippen molar-refractivity contribution in [2.45, 2.75) is 89.3 Å². The van der Waals surface area contributed by atoms with E-state index in [2.05, 4.69) is 18.5 Å². The first-order valence-corrected chi connectivity index (χ1v) is 18.2. The summed E-state index contributed by atoms with van der Waals surface area (Å²) in [6.07, 6.45) is 3.18. The summed E-state index contributed by atoms with van der Waals surface area (Å²) in [6.45, 7) is 15.1. The number of nitrogens with one attached hydrogen (secondary N) is 1. The summed E-state index contributed by atoms with van der Waals surface area (Å²) in [7, 11) is 1.50. The molecule has 2 aromatic carbocycles. The Morgan fingerprint density at radius 3 is 2.38 bits per heavy atom. The maximum absolute atomic E-state index is 15.1. The first-order chi connectivity index (χ1) is 24.9. The van der Waals surface area contributed by atoms with Gasteiger partial charge in [-0.25, -0.2) is 0 Å². The first kappa shape index (κ1) is 38.9. The van der Waals surface area contributed by atoms with E-state index in [-0.39, 0.29) is 43.9 Å². The molecule has 0 saturated carbocycles. The van der Waals surface area contributed by atoms with Gasteiger partial charge in [0.15, 0.2) is 0 Å². The van der Waals surface area contributed by atoms with E-state index < -0.39 is 59.6 Å². The summed E-state index contributed by atoms with van der Waals surface area (Å²) in [4.78, 5) is 60.6.